The highest BCUT2D eigenvalue weighted by Gasteiger charge is 2.71. The summed E-state index contributed by atoms with van der Waals surface area (Å²) in [4.78, 5) is 16.5. The SMILES string of the molecule is FC(F)(I)C(F)(F)C(F)(F)c1cc2[nH]c1c(-c1ccc(Cl)cc1)c1nc(c(-c3ccc(Cl)cc3)c3nc(c(-c4ccc(Cl)cc4)c4ccc([nH]4)c2-c2ccc(Cl)cc2)C=C3)C=C1. The predicted molar refractivity (Wildman–Crippen MR) is 248 cm³/mol. The Balaban J connectivity index is 1.55. The van der Waals surface area contributed by atoms with Gasteiger partial charge < -0.3 is 9.97 Å². The van der Waals surface area contributed by atoms with Crippen molar-refractivity contribution in [2.24, 2.45) is 0 Å². The Kier molecular flexibility index (Phi) is 10.9. The number of hydrogen-bond acceptors (Lipinski definition) is 2. The smallest absolute Gasteiger partial charge is 0.354 e. The molecule has 0 amide bonds. The summed E-state index contributed by atoms with van der Waals surface area (Å²) in [7, 11) is 0. The summed E-state index contributed by atoms with van der Waals surface area (Å²) in [5.41, 5.74) is 3.49. The minimum atomic E-state index is -5.87. The second kappa shape index (κ2) is 15.9. The summed E-state index contributed by atoms with van der Waals surface area (Å²) < 4.78 is 89.2. The first kappa shape index (κ1) is 42.3. The zero-order chi connectivity index (χ0) is 43.7. The third kappa shape index (κ3) is 7.51. The Morgan fingerprint density at radius 3 is 1.21 bits per heavy atom. The van der Waals surface area contributed by atoms with Gasteiger partial charge in [-0.1, -0.05) is 94.9 Å². The fourth-order valence-corrected chi connectivity index (χ4v) is 8.40. The molecule has 5 heterocycles. The zero-order valence-corrected chi connectivity index (χ0v) is 36.5. The summed E-state index contributed by atoms with van der Waals surface area (Å²) in [5, 5.41) is 1.62. The molecule has 0 atom stereocenters. The van der Waals surface area contributed by atoms with Gasteiger partial charge in [0.1, 0.15) is 0 Å². The molecule has 9 rings (SSSR count). The average Bonchev–Trinajstić information content (AvgIpc) is 4.07. The number of rotatable bonds is 7. The summed E-state index contributed by atoms with van der Waals surface area (Å²) in [6.07, 6.45) is 6.86. The van der Waals surface area contributed by atoms with Crippen LogP contribution < -0.4 is 0 Å². The Hall–Kier alpha value is -5.05. The molecule has 62 heavy (non-hydrogen) atoms. The molecule has 7 aromatic rings. The number of halogens is 11. The molecule has 310 valence electrons. The lowest BCUT2D eigenvalue weighted by atomic mass is 9.97. The number of aromatic amines is 2. The van der Waals surface area contributed by atoms with Crippen molar-refractivity contribution in [3.63, 3.8) is 0 Å². The van der Waals surface area contributed by atoms with E-state index in [-0.39, 0.29) is 50.5 Å². The van der Waals surface area contributed by atoms with Gasteiger partial charge in [0.25, 0.3) is 0 Å². The summed E-state index contributed by atoms with van der Waals surface area (Å²) in [6.45, 7) is 0. The van der Waals surface area contributed by atoms with E-state index < -0.39 is 26.9 Å². The van der Waals surface area contributed by atoms with Crippen molar-refractivity contribution < 1.29 is 26.3 Å². The number of aromatic nitrogens is 4. The Morgan fingerprint density at radius 2 is 0.774 bits per heavy atom. The highest BCUT2D eigenvalue weighted by molar-refractivity contribution is 14.1. The molecule has 2 aliphatic rings. The first-order chi connectivity index (χ1) is 29.5. The van der Waals surface area contributed by atoms with Crippen molar-refractivity contribution in [1.29, 1.82) is 0 Å². The molecule has 0 spiro atoms. The molecule has 0 unspecified atom stereocenters. The molecular weight excluding hydrogens is 1000 g/mol. The van der Waals surface area contributed by atoms with E-state index in [9.17, 15) is 8.78 Å². The lowest BCUT2D eigenvalue weighted by Gasteiger charge is -2.29. The lowest BCUT2D eigenvalue weighted by molar-refractivity contribution is -0.276. The highest BCUT2D eigenvalue weighted by Crippen LogP contribution is 2.56. The van der Waals surface area contributed by atoms with E-state index in [2.05, 4.69) is 9.97 Å². The van der Waals surface area contributed by atoms with Gasteiger partial charge in [0.2, 0.25) is 0 Å². The average molecular weight is 1030 g/mol. The molecule has 0 radical (unpaired) electrons. The van der Waals surface area contributed by atoms with E-state index in [1.54, 1.807) is 78.9 Å². The molecule has 4 aromatic carbocycles. The molecule has 8 bridgehead atoms. The Bertz CT molecular complexity index is 3140. The van der Waals surface area contributed by atoms with Gasteiger partial charge in [-0.2, -0.15) is 26.3 Å². The first-order valence-electron chi connectivity index (χ1n) is 18.6. The van der Waals surface area contributed by atoms with Crippen molar-refractivity contribution in [3.8, 4) is 44.5 Å². The molecule has 2 N–H and O–H groups in total. The molecule has 0 saturated carbocycles. The van der Waals surface area contributed by atoms with Crippen LogP contribution >= 0.6 is 69.0 Å². The van der Waals surface area contributed by atoms with Crippen molar-refractivity contribution in [2.45, 2.75) is 15.8 Å². The van der Waals surface area contributed by atoms with Crippen molar-refractivity contribution in [1.82, 2.24) is 19.9 Å². The Labute approximate surface area is 383 Å². The minimum Gasteiger partial charge on any atom is -0.354 e. The van der Waals surface area contributed by atoms with Gasteiger partial charge >= 0.3 is 15.8 Å². The molecule has 0 saturated heterocycles. The lowest BCUT2D eigenvalue weighted by Crippen LogP contribution is -2.49. The van der Waals surface area contributed by atoms with Crippen LogP contribution in [-0.2, 0) is 5.92 Å². The van der Waals surface area contributed by atoms with E-state index in [1.807, 2.05) is 24.3 Å². The van der Waals surface area contributed by atoms with Gasteiger partial charge in [-0.15, -0.1) is 0 Å². The monoisotopic (exact) mass is 1030 g/mol. The number of hydrogen-bond donors (Lipinski definition) is 2. The number of fused-ring (bicyclic) bond motifs is 8. The number of nitrogens with zero attached hydrogens (tertiary/aromatic N) is 2. The number of benzene rings is 4. The number of H-pyrrole nitrogens is 2. The van der Waals surface area contributed by atoms with Gasteiger partial charge in [0, 0.05) is 81.5 Å². The van der Waals surface area contributed by atoms with Crippen LogP contribution in [0, 0.1) is 0 Å². The quantitative estimate of drug-likeness (QED) is 0.0949. The summed E-state index contributed by atoms with van der Waals surface area (Å²) in [5.74, 6) is -11.3. The van der Waals surface area contributed by atoms with Crippen LogP contribution in [0.2, 0.25) is 20.1 Å². The Morgan fingerprint density at radius 1 is 0.419 bits per heavy atom. The standard InChI is InChI=1S/C47H25Cl4F6IN4/c48-28-9-1-24(2-10-28)40-33-17-18-34(59-33)41(25-3-11-29(49)12-4-25)36-21-22-38(61-36)43(27-7-15-31(51)16-8-27)44-32(45(52,53)46(54,55)47(56,57)58)23-39(62-44)42(37-20-19-35(40)60-37)26-5-13-30(50)14-6-26/h1-23,60,62H. The van der Waals surface area contributed by atoms with E-state index in [0.29, 0.717) is 70.5 Å². The van der Waals surface area contributed by atoms with E-state index in [4.69, 9.17) is 56.4 Å². The maximum atomic E-state index is 16.8. The second-order valence-corrected chi connectivity index (χ2v) is 17.5. The van der Waals surface area contributed by atoms with Crippen molar-refractivity contribution >= 4 is 115 Å². The van der Waals surface area contributed by atoms with Crippen LogP contribution in [0.25, 0.3) is 90.9 Å². The third-order valence-electron chi connectivity index (χ3n) is 10.5. The molecule has 4 nitrogen and oxygen atoms in total. The minimum absolute atomic E-state index is 0.0475. The second-order valence-electron chi connectivity index (χ2n) is 14.4. The van der Waals surface area contributed by atoms with Gasteiger partial charge in [-0.25, -0.2) is 9.97 Å². The molecule has 2 aliphatic heterocycles. The van der Waals surface area contributed by atoms with Crippen LogP contribution in [0.4, 0.5) is 26.3 Å². The summed E-state index contributed by atoms with van der Waals surface area (Å²) >= 11 is 25.3. The normalized spacial score (nSPS) is 13.0. The number of nitrogens with one attached hydrogen (secondary N) is 2. The van der Waals surface area contributed by atoms with E-state index in [0.717, 1.165) is 11.6 Å². The van der Waals surface area contributed by atoms with Crippen LogP contribution in [0.1, 0.15) is 28.3 Å². The van der Waals surface area contributed by atoms with Crippen LogP contribution in [-0.4, -0.2) is 29.8 Å². The maximum absolute atomic E-state index is 16.8. The van der Waals surface area contributed by atoms with E-state index in [1.165, 1.54) is 30.3 Å². The van der Waals surface area contributed by atoms with Gasteiger partial charge in [-0.05, 0) is 113 Å². The van der Waals surface area contributed by atoms with Gasteiger partial charge in [0.05, 0.1) is 33.9 Å². The van der Waals surface area contributed by atoms with Gasteiger partial charge in [-0.3, -0.25) is 0 Å². The highest BCUT2D eigenvalue weighted by atomic mass is 127. The van der Waals surface area contributed by atoms with E-state index >= 15 is 17.6 Å². The fourth-order valence-electron chi connectivity index (χ4n) is 7.56. The predicted octanol–water partition coefficient (Wildman–Crippen LogP) is 16.7. The van der Waals surface area contributed by atoms with Crippen LogP contribution in [0.15, 0.2) is 115 Å². The molecular formula is C47H25Cl4F6IN4. The zero-order valence-electron chi connectivity index (χ0n) is 31.3. The topological polar surface area (TPSA) is 57.4 Å². The third-order valence-corrected chi connectivity index (χ3v) is 12.2. The maximum Gasteiger partial charge on any atom is 0.385 e. The number of alkyl halides is 7. The molecule has 3 aromatic heterocycles. The van der Waals surface area contributed by atoms with Crippen LogP contribution in [0.3, 0.4) is 0 Å². The summed E-state index contributed by atoms with van der Waals surface area (Å²) in [6, 6.07) is 30.7. The fraction of sp³-hybridized carbons (Fsp3) is 0.0638. The van der Waals surface area contributed by atoms with Crippen molar-refractivity contribution in [2.75, 3.05) is 0 Å². The van der Waals surface area contributed by atoms with Gasteiger partial charge in [0.15, 0.2) is 0 Å². The molecule has 0 aliphatic carbocycles. The van der Waals surface area contributed by atoms with Crippen LogP contribution in [0.5, 0.6) is 0 Å². The van der Waals surface area contributed by atoms with Crippen molar-refractivity contribution in [3.05, 3.63) is 164 Å². The first-order valence-corrected chi connectivity index (χ1v) is 21.2. The molecule has 15 heteroatoms. The molecule has 0 fully saturated rings. The largest absolute Gasteiger partial charge is 0.385 e.